The lowest BCUT2D eigenvalue weighted by molar-refractivity contribution is -0.114. The summed E-state index contributed by atoms with van der Waals surface area (Å²) < 4.78 is 60.1. The number of nitrogens with one attached hydrogen (secondary N) is 2. The Labute approximate surface area is 238 Å². The number of methoxy groups -OCH3 is 1. The number of carbonyl (C=O) groups excluding carboxylic acids is 3. The fourth-order valence-corrected chi connectivity index (χ4v) is 5.14. The summed E-state index contributed by atoms with van der Waals surface area (Å²) in [5.41, 5.74) is 1.57. The number of halogens is 2. The van der Waals surface area contributed by atoms with Crippen LogP contribution in [-0.4, -0.2) is 72.4 Å². The number of hydrogen-bond acceptors (Lipinski definition) is 8. The van der Waals surface area contributed by atoms with Crippen molar-refractivity contribution in [3.8, 4) is 16.8 Å². The van der Waals surface area contributed by atoms with Gasteiger partial charge < -0.3 is 15.0 Å². The van der Waals surface area contributed by atoms with Gasteiger partial charge in [0.1, 0.15) is 17.3 Å². The quantitative estimate of drug-likeness (QED) is 0.343. The van der Waals surface area contributed by atoms with Crippen molar-refractivity contribution in [3.63, 3.8) is 0 Å². The van der Waals surface area contributed by atoms with Crippen molar-refractivity contribution in [2.75, 3.05) is 31.8 Å². The van der Waals surface area contributed by atoms with Gasteiger partial charge in [0.25, 0.3) is 5.91 Å². The third-order valence-electron chi connectivity index (χ3n) is 6.48. The predicted octanol–water partition coefficient (Wildman–Crippen LogP) is 3.18. The number of sulfonamides is 1. The van der Waals surface area contributed by atoms with Crippen LogP contribution in [0.3, 0.4) is 0 Å². The molecule has 218 valence electrons. The van der Waals surface area contributed by atoms with E-state index >= 15 is 0 Å². The van der Waals surface area contributed by atoms with E-state index in [0.717, 1.165) is 18.4 Å². The molecule has 3 amide bonds. The number of amides is 3. The van der Waals surface area contributed by atoms with Crippen molar-refractivity contribution in [2.24, 2.45) is 0 Å². The van der Waals surface area contributed by atoms with Crippen molar-refractivity contribution < 1.29 is 36.3 Å². The van der Waals surface area contributed by atoms with E-state index in [4.69, 9.17) is 4.74 Å². The maximum atomic E-state index is 14.3. The molecule has 4 aromatic rings. The molecule has 1 aliphatic heterocycles. The molecule has 1 saturated heterocycles. The van der Waals surface area contributed by atoms with E-state index in [1.165, 1.54) is 29.7 Å². The molecule has 2 N–H and O–H groups in total. The standard InChI is InChI=1S/C27H24F2N6O6S/c1-14(36)30-19-6-4-15(5-7-19)21-11-22(26(37)33-42(3,39)40)31-25-23(21)24(16-12-34(13-16)27(38)41-2)32-35(25)20-9-17(28)8-18(29)10-20/h4-11,16H,12-13H2,1-3H3,(H,30,36)(H,33,37). The maximum Gasteiger partial charge on any atom is 0.409 e. The van der Waals surface area contributed by atoms with Gasteiger partial charge in [0, 0.05) is 37.7 Å². The molecule has 0 radical (unpaired) electrons. The van der Waals surface area contributed by atoms with Crippen LogP contribution in [0.5, 0.6) is 0 Å². The largest absolute Gasteiger partial charge is 0.453 e. The number of aromatic nitrogens is 3. The second kappa shape index (κ2) is 10.8. The first kappa shape index (κ1) is 28.6. The molecule has 0 spiro atoms. The van der Waals surface area contributed by atoms with Crippen LogP contribution in [0, 0.1) is 11.6 Å². The van der Waals surface area contributed by atoms with Crippen LogP contribution in [-0.2, 0) is 19.6 Å². The number of pyridine rings is 1. The SMILES string of the molecule is COC(=O)N1CC(c2nn(-c3cc(F)cc(F)c3)c3nc(C(=O)NS(C)(=O)=O)cc(-c4ccc(NC(C)=O)cc4)c23)C1. The van der Waals surface area contributed by atoms with Crippen LogP contribution in [0.2, 0.25) is 0 Å². The van der Waals surface area contributed by atoms with Crippen LogP contribution < -0.4 is 10.0 Å². The molecule has 3 heterocycles. The van der Waals surface area contributed by atoms with Crippen molar-refractivity contribution in [1.29, 1.82) is 0 Å². The highest BCUT2D eigenvalue weighted by Crippen LogP contribution is 2.39. The van der Waals surface area contributed by atoms with Gasteiger partial charge in [0.2, 0.25) is 15.9 Å². The Morgan fingerprint density at radius 1 is 1.02 bits per heavy atom. The van der Waals surface area contributed by atoms with Gasteiger partial charge in [0.05, 0.1) is 30.1 Å². The Morgan fingerprint density at radius 2 is 1.67 bits per heavy atom. The van der Waals surface area contributed by atoms with E-state index < -0.39 is 33.7 Å². The van der Waals surface area contributed by atoms with Crippen molar-refractivity contribution in [3.05, 3.63) is 71.6 Å². The molecule has 0 saturated carbocycles. The molecule has 0 bridgehead atoms. The molecule has 0 unspecified atom stereocenters. The highest BCUT2D eigenvalue weighted by molar-refractivity contribution is 7.89. The van der Waals surface area contributed by atoms with Crippen LogP contribution in [0.1, 0.15) is 29.0 Å². The second-order valence-electron chi connectivity index (χ2n) is 9.71. The van der Waals surface area contributed by atoms with Gasteiger partial charge in [-0.2, -0.15) is 5.10 Å². The van der Waals surface area contributed by atoms with E-state index in [0.29, 0.717) is 34.0 Å². The first-order valence-electron chi connectivity index (χ1n) is 12.5. The molecule has 12 nitrogen and oxygen atoms in total. The Kier molecular flexibility index (Phi) is 7.36. The molecule has 0 atom stereocenters. The minimum absolute atomic E-state index is 0.0219. The summed E-state index contributed by atoms with van der Waals surface area (Å²) in [4.78, 5) is 42.3. The molecule has 5 rings (SSSR count). The normalized spacial score (nSPS) is 13.5. The number of nitrogens with zero attached hydrogens (tertiary/aromatic N) is 4. The molecule has 0 aliphatic carbocycles. The summed E-state index contributed by atoms with van der Waals surface area (Å²) in [6.07, 6.45) is 0.279. The highest BCUT2D eigenvalue weighted by Gasteiger charge is 2.37. The van der Waals surface area contributed by atoms with E-state index in [-0.39, 0.29) is 41.9 Å². The zero-order chi connectivity index (χ0) is 30.3. The van der Waals surface area contributed by atoms with E-state index in [1.807, 2.05) is 4.72 Å². The second-order valence-corrected chi connectivity index (χ2v) is 11.5. The fourth-order valence-electron chi connectivity index (χ4n) is 4.70. The van der Waals surface area contributed by atoms with Gasteiger partial charge in [0.15, 0.2) is 5.65 Å². The molecule has 15 heteroatoms. The highest BCUT2D eigenvalue weighted by atomic mass is 32.2. The fraction of sp³-hybridized carbons (Fsp3) is 0.222. The predicted molar refractivity (Wildman–Crippen MR) is 148 cm³/mol. The Hall–Kier alpha value is -4.92. The van der Waals surface area contributed by atoms with Crippen molar-refractivity contribution >= 4 is 44.7 Å². The number of carbonyl (C=O) groups is 3. The van der Waals surface area contributed by atoms with Crippen molar-refractivity contribution in [1.82, 2.24) is 24.4 Å². The smallest absolute Gasteiger partial charge is 0.409 e. The number of likely N-dealkylation sites (tertiary alicyclic amines) is 1. The van der Waals surface area contributed by atoms with E-state index in [9.17, 15) is 31.6 Å². The molecule has 1 fully saturated rings. The molecule has 2 aromatic heterocycles. The number of rotatable bonds is 6. The maximum absolute atomic E-state index is 14.3. The Balaban J connectivity index is 1.77. The zero-order valence-corrected chi connectivity index (χ0v) is 23.3. The number of ether oxygens (including phenoxy) is 1. The summed E-state index contributed by atoms with van der Waals surface area (Å²) in [5, 5.41) is 7.71. The lowest BCUT2D eigenvalue weighted by Crippen LogP contribution is -2.48. The number of fused-ring (bicyclic) bond motifs is 1. The van der Waals surface area contributed by atoms with Gasteiger partial charge in [-0.1, -0.05) is 12.1 Å². The van der Waals surface area contributed by atoms with Crippen molar-refractivity contribution in [2.45, 2.75) is 12.8 Å². The zero-order valence-electron chi connectivity index (χ0n) is 22.5. The summed E-state index contributed by atoms with van der Waals surface area (Å²) >= 11 is 0. The average molecular weight is 599 g/mol. The molecule has 1 aliphatic rings. The molecular weight excluding hydrogens is 574 g/mol. The topological polar surface area (TPSA) is 153 Å². The first-order valence-corrected chi connectivity index (χ1v) is 14.3. The van der Waals surface area contributed by atoms with Crippen LogP contribution in [0.4, 0.5) is 19.3 Å². The number of hydrogen-bond donors (Lipinski definition) is 2. The summed E-state index contributed by atoms with van der Waals surface area (Å²) in [6.45, 7) is 1.82. The monoisotopic (exact) mass is 598 g/mol. The van der Waals surface area contributed by atoms with E-state index in [1.54, 1.807) is 24.3 Å². The van der Waals surface area contributed by atoms with Crippen LogP contribution in [0.15, 0.2) is 48.5 Å². The lowest BCUT2D eigenvalue weighted by Gasteiger charge is -2.37. The average Bonchev–Trinajstić information content (AvgIpc) is 3.25. The van der Waals surface area contributed by atoms with Crippen LogP contribution >= 0.6 is 0 Å². The molecule has 2 aromatic carbocycles. The van der Waals surface area contributed by atoms with Crippen LogP contribution in [0.25, 0.3) is 27.8 Å². The van der Waals surface area contributed by atoms with Gasteiger partial charge in [-0.25, -0.2) is 36.4 Å². The third-order valence-corrected chi connectivity index (χ3v) is 7.04. The van der Waals surface area contributed by atoms with Gasteiger partial charge >= 0.3 is 6.09 Å². The minimum Gasteiger partial charge on any atom is -0.453 e. The van der Waals surface area contributed by atoms with Gasteiger partial charge in [-0.3, -0.25) is 9.59 Å². The minimum atomic E-state index is -3.96. The first-order chi connectivity index (χ1) is 19.8. The summed E-state index contributed by atoms with van der Waals surface area (Å²) in [6, 6.07) is 10.7. The Morgan fingerprint density at radius 3 is 2.24 bits per heavy atom. The van der Waals surface area contributed by atoms with E-state index in [2.05, 4.69) is 15.4 Å². The number of benzene rings is 2. The molecule has 42 heavy (non-hydrogen) atoms. The summed E-state index contributed by atoms with van der Waals surface area (Å²) in [7, 11) is -2.71. The van der Waals surface area contributed by atoms with Gasteiger partial charge in [-0.05, 0) is 41.5 Å². The Bertz CT molecular complexity index is 1830. The third kappa shape index (κ3) is 5.76. The summed E-state index contributed by atoms with van der Waals surface area (Å²) in [5.74, 6) is -3.40. The molecular formula is C27H24F2N6O6S. The van der Waals surface area contributed by atoms with Gasteiger partial charge in [-0.15, -0.1) is 0 Å². The lowest BCUT2D eigenvalue weighted by atomic mass is 9.91. The number of anilines is 1.